The van der Waals surface area contributed by atoms with Gasteiger partial charge in [-0.1, -0.05) is 25.0 Å². The fourth-order valence-electron chi connectivity index (χ4n) is 4.89. The molecule has 4 rings (SSSR count). The van der Waals surface area contributed by atoms with Gasteiger partial charge in [0.25, 0.3) is 0 Å². The Balaban J connectivity index is 0.00000256. The van der Waals surface area contributed by atoms with E-state index in [-0.39, 0.29) is 29.9 Å². The molecule has 1 atom stereocenters. The van der Waals surface area contributed by atoms with Crippen LogP contribution >= 0.6 is 24.0 Å². The van der Waals surface area contributed by atoms with Crippen LogP contribution in [0, 0.1) is 0 Å². The molecule has 2 heterocycles. The van der Waals surface area contributed by atoms with Gasteiger partial charge in [0.1, 0.15) is 0 Å². The highest BCUT2D eigenvalue weighted by Crippen LogP contribution is 2.26. The van der Waals surface area contributed by atoms with Crippen molar-refractivity contribution >= 4 is 41.5 Å². The topological polar surface area (TPSA) is 60.0 Å². The zero-order valence-electron chi connectivity index (χ0n) is 18.1. The normalized spacial score (nSPS) is 23.1. The summed E-state index contributed by atoms with van der Waals surface area (Å²) in [5.41, 5.74) is 2.17. The molecule has 1 aromatic carbocycles. The Hall–Kier alpha value is -1.35. The second-order valence-electron chi connectivity index (χ2n) is 8.57. The minimum absolute atomic E-state index is 0. The van der Waals surface area contributed by atoms with E-state index in [4.69, 9.17) is 4.99 Å². The fourth-order valence-corrected chi connectivity index (χ4v) is 4.89. The maximum atomic E-state index is 11.9. The Bertz CT molecular complexity index is 717. The maximum absolute atomic E-state index is 11.9. The molecule has 166 valence electrons. The van der Waals surface area contributed by atoms with Crippen LogP contribution in [-0.2, 0) is 11.3 Å². The van der Waals surface area contributed by atoms with Crippen molar-refractivity contribution in [3.63, 3.8) is 0 Å². The summed E-state index contributed by atoms with van der Waals surface area (Å²) < 4.78 is 0. The van der Waals surface area contributed by atoms with Gasteiger partial charge in [-0.2, -0.15) is 0 Å². The molecule has 0 aromatic heterocycles. The van der Waals surface area contributed by atoms with Crippen LogP contribution in [0.2, 0.25) is 0 Å². The van der Waals surface area contributed by atoms with E-state index in [0.717, 1.165) is 49.3 Å². The predicted octanol–water partition coefficient (Wildman–Crippen LogP) is 3.50. The first-order valence-electron chi connectivity index (χ1n) is 11.4. The molecule has 2 aliphatic heterocycles. The van der Waals surface area contributed by atoms with Crippen LogP contribution in [0.25, 0.3) is 0 Å². The van der Waals surface area contributed by atoms with Crippen LogP contribution in [-0.4, -0.2) is 55.0 Å². The monoisotopic (exact) mass is 525 g/mol. The van der Waals surface area contributed by atoms with Crippen molar-refractivity contribution < 1.29 is 4.79 Å². The molecule has 0 radical (unpaired) electrons. The summed E-state index contributed by atoms with van der Waals surface area (Å²) in [7, 11) is 0. The first kappa shape index (κ1) is 23.3. The number of guanidine groups is 1. The Labute approximate surface area is 197 Å². The van der Waals surface area contributed by atoms with E-state index in [1.165, 1.54) is 38.6 Å². The van der Waals surface area contributed by atoms with Crippen LogP contribution in [0.5, 0.6) is 0 Å². The molecule has 3 aliphatic rings. The number of amides is 1. The van der Waals surface area contributed by atoms with Gasteiger partial charge in [0.2, 0.25) is 5.91 Å². The number of hydrogen-bond acceptors (Lipinski definition) is 3. The third-order valence-electron chi connectivity index (χ3n) is 6.49. The number of rotatable bonds is 6. The number of benzene rings is 1. The number of likely N-dealkylation sites (tertiary alicyclic amines) is 1. The lowest BCUT2D eigenvalue weighted by Crippen LogP contribution is -2.45. The van der Waals surface area contributed by atoms with Crippen LogP contribution in [0.1, 0.15) is 57.4 Å². The lowest BCUT2D eigenvalue weighted by atomic mass is 10.2. The third kappa shape index (κ3) is 5.87. The SMILES string of the molecule is CCNC(=NCc1ccc(N2CCCC2=O)cc1)NC1CCN(C2CCCC2)C1.I. The standard InChI is InChI=1S/C23H35N5O.HI/c1-2-24-23(26-19-13-15-27(17-19)20-6-3-4-7-20)25-16-18-9-11-21(12-10-18)28-14-5-8-22(28)29;/h9-12,19-20H,2-8,13-17H2,1H3,(H2,24,25,26);1H. The number of anilines is 1. The first-order valence-corrected chi connectivity index (χ1v) is 11.4. The number of nitrogens with zero attached hydrogens (tertiary/aromatic N) is 3. The number of hydrogen-bond donors (Lipinski definition) is 2. The molecular weight excluding hydrogens is 489 g/mol. The van der Waals surface area contributed by atoms with Gasteiger partial charge in [-0.25, -0.2) is 4.99 Å². The van der Waals surface area contributed by atoms with Gasteiger partial charge in [0, 0.05) is 50.4 Å². The van der Waals surface area contributed by atoms with Crippen molar-refractivity contribution in [1.82, 2.24) is 15.5 Å². The van der Waals surface area contributed by atoms with E-state index in [2.05, 4.69) is 34.6 Å². The van der Waals surface area contributed by atoms with E-state index >= 15 is 0 Å². The third-order valence-corrected chi connectivity index (χ3v) is 6.49. The zero-order chi connectivity index (χ0) is 20.1. The summed E-state index contributed by atoms with van der Waals surface area (Å²) in [6.45, 7) is 6.79. The highest BCUT2D eigenvalue weighted by Gasteiger charge is 2.30. The Morgan fingerprint density at radius 1 is 1.10 bits per heavy atom. The summed E-state index contributed by atoms with van der Waals surface area (Å²) in [4.78, 5) is 21.3. The van der Waals surface area contributed by atoms with Gasteiger partial charge in [0.15, 0.2) is 5.96 Å². The number of carbonyl (C=O) groups is 1. The lowest BCUT2D eigenvalue weighted by Gasteiger charge is -2.24. The molecule has 7 heteroatoms. The summed E-state index contributed by atoms with van der Waals surface area (Å²) in [5, 5.41) is 7.04. The van der Waals surface area contributed by atoms with Crippen molar-refractivity contribution in [2.24, 2.45) is 4.99 Å². The maximum Gasteiger partial charge on any atom is 0.227 e. The van der Waals surface area contributed by atoms with E-state index in [1.54, 1.807) is 0 Å². The van der Waals surface area contributed by atoms with Crippen LogP contribution in [0.15, 0.2) is 29.3 Å². The molecule has 30 heavy (non-hydrogen) atoms. The minimum Gasteiger partial charge on any atom is -0.357 e. The van der Waals surface area contributed by atoms with Gasteiger partial charge < -0.3 is 15.5 Å². The van der Waals surface area contributed by atoms with Crippen molar-refractivity contribution in [2.75, 3.05) is 31.1 Å². The van der Waals surface area contributed by atoms with Gasteiger partial charge in [-0.05, 0) is 50.3 Å². The molecule has 1 aliphatic carbocycles. The van der Waals surface area contributed by atoms with E-state index in [9.17, 15) is 4.79 Å². The van der Waals surface area contributed by atoms with E-state index in [1.807, 2.05) is 17.0 Å². The summed E-state index contributed by atoms with van der Waals surface area (Å²) in [5.74, 6) is 1.14. The average Bonchev–Trinajstić information content (AvgIpc) is 3.48. The van der Waals surface area contributed by atoms with Crippen LogP contribution < -0.4 is 15.5 Å². The number of carbonyl (C=O) groups excluding carboxylic acids is 1. The molecule has 2 saturated heterocycles. The Morgan fingerprint density at radius 3 is 2.53 bits per heavy atom. The molecule has 6 nitrogen and oxygen atoms in total. The van der Waals surface area contributed by atoms with Crippen molar-refractivity contribution in [2.45, 2.75) is 70.5 Å². The molecule has 1 aromatic rings. The summed E-state index contributed by atoms with van der Waals surface area (Å²) >= 11 is 0. The molecule has 2 N–H and O–H groups in total. The quantitative estimate of drug-likeness (QED) is 0.339. The Morgan fingerprint density at radius 2 is 1.87 bits per heavy atom. The lowest BCUT2D eigenvalue weighted by molar-refractivity contribution is -0.117. The fraction of sp³-hybridized carbons (Fsp3) is 0.652. The van der Waals surface area contributed by atoms with Crippen molar-refractivity contribution in [3.05, 3.63) is 29.8 Å². The molecule has 1 saturated carbocycles. The molecule has 0 spiro atoms. The van der Waals surface area contributed by atoms with Gasteiger partial charge in [-0.15, -0.1) is 24.0 Å². The second kappa shape index (κ2) is 11.3. The number of aliphatic imine (C=N–C) groups is 1. The molecular formula is C23H36IN5O. The Kier molecular flexibility index (Phi) is 8.80. The van der Waals surface area contributed by atoms with E-state index < -0.39 is 0 Å². The van der Waals surface area contributed by atoms with Crippen molar-refractivity contribution in [3.8, 4) is 0 Å². The minimum atomic E-state index is 0. The first-order chi connectivity index (χ1) is 14.2. The smallest absolute Gasteiger partial charge is 0.227 e. The van der Waals surface area contributed by atoms with Crippen LogP contribution in [0.4, 0.5) is 5.69 Å². The molecule has 0 bridgehead atoms. The number of halogens is 1. The van der Waals surface area contributed by atoms with Gasteiger partial charge >= 0.3 is 0 Å². The zero-order valence-corrected chi connectivity index (χ0v) is 20.4. The van der Waals surface area contributed by atoms with Gasteiger partial charge in [0.05, 0.1) is 6.54 Å². The highest BCUT2D eigenvalue weighted by molar-refractivity contribution is 14.0. The summed E-state index contributed by atoms with van der Waals surface area (Å²) in [6.07, 6.45) is 8.37. The summed E-state index contributed by atoms with van der Waals surface area (Å²) in [6, 6.07) is 9.56. The average molecular weight is 525 g/mol. The van der Waals surface area contributed by atoms with Crippen LogP contribution in [0.3, 0.4) is 0 Å². The number of nitrogens with one attached hydrogen (secondary N) is 2. The second-order valence-corrected chi connectivity index (χ2v) is 8.57. The molecule has 3 fully saturated rings. The molecule has 1 unspecified atom stereocenters. The highest BCUT2D eigenvalue weighted by atomic mass is 127. The largest absolute Gasteiger partial charge is 0.357 e. The van der Waals surface area contributed by atoms with Gasteiger partial charge in [-0.3, -0.25) is 9.69 Å². The molecule has 1 amide bonds. The van der Waals surface area contributed by atoms with Crippen molar-refractivity contribution in [1.29, 1.82) is 0 Å². The van der Waals surface area contributed by atoms with E-state index in [0.29, 0.717) is 19.0 Å². The predicted molar refractivity (Wildman–Crippen MR) is 134 cm³/mol.